The van der Waals surface area contributed by atoms with Crippen LogP contribution in [0.3, 0.4) is 0 Å². The van der Waals surface area contributed by atoms with Crippen molar-refractivity contribution < 1.29 is 29.0 Å². The van der Waals surface area contributed by atoms with Crippen molar-refractivity contribution in [1.29, 1.82) is 0 Å². The Morgan fingerprint density at radius 1 is 0.804 bits per heavy atom. The normalized spacial score (nSPS) is 43.8. The van der Waals surface area contributed by atoms with E-state index in [2.05, 4.69) is 72.2 Å². The Bertz CT molecular complexity index is 1630. The Labute approximate surface area is 338 Å². The molecule has 0 aromatic rings. The van der Waals surface area contributed by atoms with Crippen molar-refractivity contribution in [3.63, 3.8) is 0 Å². The molecule has 2 N–H and O–H groups in total. The van der Waals surface area contributed by atoms with Gasteiger partial charge in [0.1, 0.15) is 6.10 Å². The summed E-state index contributed by atoms with van der Waals surface area (Å²) in [4.78, 5) is 55.7. The highest BCUT2D eigenvalue weighted by Gasteiger charge is 2.73. The van der Waals surface area contributed by atoms with E-state index in [9.17, 15) is 19.5 Å². The molecular weight excluding hydrogens is 701 g/mol. The molecule has 8 nitrogen and oxygen atoms in total. The van der Waals surface area contributed by atoms with Crippen LogP contribution in [0.15, 0.2) is 12.2 Å². The first kappa shape index (κ1) is 41.8. The minimum Gasteiger partial charge on any atom is -0.481 e. The van der Waals surface area contributed by atoms with Crippen LogP contribution < -0.4 is 5.32 Å². The lowest BCUT2D eigenvalue weighted by atomic mass is 9.33. The van der Waals surface area contributed by atoms with Gasteiger partial charge in [-0.25, -0.2) is 0 Å². The SMILES string of the molecule is C=C(C)[C@@H]1CC[C@]2(C(=O)NC3C[C@H](C(=O)N4CCCCC4)C3(C)C)CCC3(C)C4CC[C@H]5C(C)(C)[C@@H](OC(=O)CC(C)(C)C(=O)O)CC[C@]5(C)C4CC[C@]3(C)C12. The molecular formula is C48H76N2O6. The molecule has 56 heavy (non-hydrogen) atoms. The Morgan fingerprint density at radius 3 is 2.11 bits per heavy atom. The van der Waals surface area contributed by atoms with Gasteiger partial charge in [0.05, 0.1) is 17.3 Å². The van der Waals surface area contributed by atoms with E-state index in [1.54, 1.807) is 13.8 Å². The third kappa shape index (κ3) is 6.07. The molecule has 7 fully saturated rings. The van der Waals surface area contributed by atoms with Gasteiger partial charge in [0, 0.05) is 30.5 Å². The number of esters is 1. The van der Waals surface area contributed by atoms with E-state index in [1.807, 2.05) is 0 Å². The molecule has 1 aliphatic heterocycles. The monoisotopic (exact) mass is 777 g/mol. The number of carbonyl (C=O) groups is 4. The molecule has 1 heterocycles. The molecule has 314 valence electrons. The van der Waals surface area contributed by atoms with Crippen LogP contribution in [0.5, 0.6) is 0 Å². The molecule has 1 saturated heterocycles. The van der Waals surface area contributed by atoms with Gasteiger partial charge in [-0.05, 0) is 162 Å². The number of carbonyl (C=O) groups excluding carboxylic acids is 3. The lowest BCUT2D eigenvalue weighted by molar-refractivity contribution is -0.240. The first-order valence-corrected chi connectivity index (χ1v) is 22.7. The van der Waals surface area contributed by atoms with E-state index in [-0.39, 0.29) is 63.4 Å². The van der Waals surface area contributed by atoms with Gasteiger partial charge in [0.25, 0.3) is 0 Å². The second-order valence-electron chi connectivity index (χ2n) is 23.1. The van der Waals surface area contributed by atoms with E-state index >= 15 is 4.79 Å². The minimum absolute atomic E-state index is 0.00579. The molecule has 7 aliphatic rings. The highest BCUT2D eigenvalue weighted by Crippen LogP contribution is 2.78. The van der Waals surface area contributed by atoms with Gasteiger partial charge in [0.15, 0.2) is 0 Å². The fourth-order valence-corrected chi connectivity index (χ4v) is 15.6. The molecule has 12 atom stereocenters. The average molecular weight is 777 g/mol. The van der Waals surface area contributed by atoms with Crippen LogP contribution in [0.25, 0.3) is 0 Å². The molecule has 6 aliphatic carbocycles. The summed E-state index contributed by atoms with van der Waals surface area (Å²) in [6, 6.07) is 0.0149. The van der Waals surface area contributed by atoms with Gasteiger partial charge < -0.3 is 20.1 Å². The van der Waals surface area contributed by atoms with Gasteiger partial charge in [-0.3, -0.25) is 19.2 Å². The molecule has 7 rings (SSSR count). The van der Waals surface area contributed by atoms with E-state index in [4.69, 9.17) is 4.74 Å². The maximum absolute atomic E-state index is 15.1. The first-order valence-electron chi connectivity index (χ1n) is 22.7. The smallest absolute Gasteiger partial charge is 0.309 e. The van der Waals surface area contributed by atoms with E-state index in [1.165, 1.54) is 12.0 Å². The summed E-state index contributed by atoms with van der Waals surface area (Å²) in [5.41, 5.74) is -0.616. The van der Waals surface area contributed by atoms with E-state index < -0.39 is 22.8 Å². The number of carboxylic acids is 1. The molecule has 0 aromatic heterocycles. The Kier molecular flexibility index (Phi) is 10.3. The molecule has 0 bridgehead atoms. The maximum atomic E-state index is 15.1. The Hall–Kier alpha value is -2.38. The topological polar surface area (TPSA) is 113 Å². The zero-order valence-electron chi connectivity index (χ0n) is 36.8. The zero-order chi connectivity index (χ0) is 41.0. The van der Waals surface area contributed by atoms with Crippen LogP contribution in [0, 0.1) is 73.4 Å². The standard InChI is InChI=1S/C48H76N2O6/c1-29(2)30-17-22-48(40(53)49-35-27-33(43(35,5)6)39(52)50-25-13-12-14-26-50)24-23-46(10)32-15-16-34-44(7,8)36(56-37(51)28-42(3,4)41(54)55)19-20-45(34,9)31(32)18-21-47(46,11)38(30)48/h30-36,38H,1,12-28H2,2-11H3,(H,49,53)(H,54,55)/t30-,31?,32?,33+,34-,35?,36-,38?,45+,46?,47+,48-/m0/s1. The number of nitrogens with one attached hydrogen (secondary N) is 1. The lowest BCUT2D eigenvalue weighted by Crippen LogP contribution is -2.69. The molecule has 0 aromatic carbocycles. The molecule has 5 unspecified atom stereocenters. The summed E-state index contributed by atoms with van der Waals surface area (Å²) in [6.07, 6.45) is 14.1. The third-order valence-corrected chi connectivity index (χ3v) is 19.4. The number of rotatable bonds is 8. The van der Waals surface area contributed by atoms with Gasteiger partial charge in [-0.15, -0.1) is 0 Å². The Morgan fingerprint density at radius 2 is 1.48 bits per heavy atom. The minimum atomic E-state index is -1.16. The van der Waals surface area contributed by atoms with Crippen LogP contribution in [0.4, 0.5) is 0 Å². The number of hydrogen-bond donors (Lipinski definition) is 2. The van der Waals surface area contributed by atoms with Crippen LogP contribution in [0.1, 0.15) is 166 Å². The quantitative estimate of drug-likeness (QED) is 0.188. The molecule has 0 spiro atoms. The van der Waals surface area contributed by atoms with Gasteiger partial charge in [0.2, 0.25) is 11.8 Å². The molecule has 0 radical (unpaired) electrons. The number of allylic oxidation sites excluding steroid dienone is 1. The number of amides is 2. The summed E-state index contributed by atoms with van der Waals surface area (Å²) >= 11 is 0. The van der Waals surface area contributed by atoms with Crippen molar-refractivity contribution in [3.8, 4) is 0 Å². The highest BCUT2D eigenvalue weighted by molar-refractivity contribution is 5.86. The number of hydrogen-bond acceptors (Lipinski definition) is 5. The van der Waals surface area contributed by atoms with Crippen LogP contribution in [0.2, 0.25) is 0 Å². The zero-order valence-corrected chi connectivity index (χ0v) is 36.8. The van der Waals surface area contributed by atoms with E-state index in [0.29, 0.717) is 29.6 Å². The number of ether oxygens (including phenoxy) is 1. The molecule has 2 amide bonds. The van der Waals surface area contributed by atoms with Crippen molar-refractivity contribution in [2.24, 2.45) is 73.4 Å². The summed E-state index contributed by atoms with van der Waals surface area (Å²) in [7, 11) is 0. The second kappa shape index (κ2) is 13.8. The number of likely N-dealkylation sites (tertiary alicyclic amines) is 1. The predicted molar refractivity (Wildman–Crippen MR) is 219 cm³/mol. The lowest BCUT2D eigenvalue weighted by Gasteiger charge is -2.72. The largest absolute Gasteiger partial charge is 0.481 e. The number of piperidine rings is 1. The van der Waals surface area contributed by atoms with Gasteiger partial charge in [-0.1, -0.05) is 60.6 Å². The Balaban J connectivity index is 1.10. The van der Waals surface area contributed by atoms with Gasteiger partial charge in [-0.2, -0.15) is 0 Å². The first-order chi connectivity index (χ1) is 26.0. The predicted octanol–water partition coefficient (Wildman–Crippen LogP) is 9.60. The fourth-order valence-electron chi connectivity index (χ4n) is 15.6. The molecule has 8 heteroatoms. The number of aliphatic carboxylic acids is 1. The van der Waals surface area contributed by atoms with Crippen molar-refractivity contribution >= 4 is 23.8 Å². The number of carboxylic acid groups (broad SMARTS) is 1. The summed E-state index contributed by atoms with van der Waals surface area (Å²) < 4.78 is 6.19. The maximum Gasteiger partial charge on any atom is 0.309 e. The van der Waals surface area contributed by atoms with E-state index in [0.717, 1.165) is 96.6 Å². The van der Waals surface area contributed by atoms with Gasteiger partial charge >= 0.3 is 11.9 Å². The summed E-state index contributed by atoms with van der Waals surface area (Å²) in [5.74, 6) is 1.23. The number of fused-ring (bicyclic) bond motifs is 7. The molecule has 6 saturated carbocycles. The van der Waals surface area contributed by atoms with Crippen LogP contribution in [-0.4, -0.2) is 59.0 Å². The van der Waals surface area contributed by atoms with Crippen molar-refractivity contribution in [2.45, 2.75) is 178 Å². The average Bonchev–Trinajstić information content (AvgIpc) is 3.54. The summed E-state index contributed by atoms with van der Waals surface area (Å²) in [6.45, 7) is 28.4. The second-order valence-corrected chi connectivity index (χ2v) is 23.1. The van der Waals surface area contributed by atoms with Crippen molar-refractivity contribution in [3.05, 3.63) is 12.2 Å². The van der Waals surface area contributed by atoms with Crippen molar-refractivity contribution in [1.82, 2.24) is 10.2 Å². The number of nitrogens with zero attached hydrogens (tertiary/aromatic N) is 1. The third-order valence-electron chi connectivity index (χ3n) is 19.4. The van der Waals surface area contributed by atoms with Crippen molar-refractivity contribution in [2.75, 3.05) is 13.1 Å². The fraction of sp³-hybridized carbons (Fsp3) is 0.875. The van der Waals surface area contributed by atoms with Crippen LogP contribution >= 0.6 is 0 Å². The summed E-state index contributed by atoms with van der Waals surface area (Å²) in [5, 5.41) is 13.3. The highest BCUT2D eigenvalue weighted by atomic mass is 16.5. The van der Waals surface area contributed by atoms with Crippen LogP contribution in [-0.2, 0) is 23.9 Å².